The second-order valence-electron chi connectivity index (χ2n) is 4.13. The largest absolute Gasteiger partial charge is 0.481 e. The summed E-state index contributed by atoms with van der Waals surface area (Å²) in [6.07, 6.45) is 1.07. The van der Waals surface area contributed by atoms with Crippen molar-refractivity contribution in [3.63, 3.8) is 0 Å². The summed E-state index contributed by atoms with van der Waals surface area (Å²) in [5, 5.41) is 8.89. The van der Waals surface area contributed by atoms with Gasteiger partial charge in [0.2, 0.25) is 5.91 Å². The highest BCUT2D eigenvalue weighted by Crippen LogP contribution is 2.22. The number of carbonyl (C=O) groups is 2. The zero-order chi connectivity index (χ0) is 12.1. The van der Waals surface area contributed by atoms with Crippen LogP contribution in [0.25, 0.3) is 0 Å². The molecule has 1 saturated heterocycles. The first-order chi connectivity index (χ1) is 7.56. The second-order valence-corrected chi connectivity index (χ2v) is 4.13. The van der Waals surface area contributed by atoms with Gasteiger partial charge in [-0.05, 0) is 26.7 Å². The van der Waals surface area contributed by atoms with Crippen LogP contribution in [0.15, 0.2) is 0 Å². The highest BCUT2D eigenvalue weighted by molar-refractivity contribution is 5.78. The predicted molar refractivity (Wildman–Crippen MR) is 58.0 cm³/mol. The summed E-state index contributed by atoms with van der Waals surface area (Å²) < 4.78 is 5.06. The maximum Gasteiger partial charge on any atom is 0.306 e. The van der Waals surface area contributed by atoms with Gasteiger partial charge in [0.1, 0.15) is 6.61 Å². The number of amides is 1. The summed E-state index contributed by atoms with van der Waals surface area (Å²) in [5.41, 5.74) is 0. The molecule has 5 nitrogen and oxygen atoms in total. The van der Waals surface area contributed by atoms with E-state index in [1.165, 1.54) is 0 Å². The van der Waals surface area contributed by atoms with Crippen molar-refractivity contribution in [1.82, 2.24) is 4.90 Å². The lowest BCUT2D eigenvalue weighted by molar-refractivity contribution is -0.149. The number of carboxylic acid groups (broad SMARTS) is 1. The Morgan fingerprint density at radius 2 is 2.19 bits per heavy atom. The highest BCUT2D eigenvalue weighted by atomic mass is 16.5. The van der Waals surface area contributed by atoms with E-state index in [1.54, 1.807) is 4.90 Å². The van der Waals surface area contributed by atoms with E-state index in [4.69, 9.17) is 9.84 Å². The normalized spacial score (nSPS) is 25.5. The number of hydrogen-bond donors (Lipinski definition) is 1. The van der Waals surface area contributed by atoms with Gasteiger partial charge in [0.05, 0.1) is 5.92 Å². The van der Waals surface area contributed by atoms with Crippen molar-refractivity contribution in [3.8, 4) is 0 Å². The fourth-order valence-electron chi connectivity index (χ4n) is 2.04. The molecule has 0 aromatic carbocycles. The maximum atomic E-state index is 11.7. The molecule has 0 saturated carbocycles. The van der Waals surface area contributed by atoms with Crippen molar-refractivity contribution in [2.45, 2.75) is 32.7 Å². The Balaban J connectivity index is 2.46. The molecule has 0 aromatic rings. The van der Waals surface area contributed by atoms with Crippen LogP contribution in [-0.4, -0.2) is 47.7 Å². The quantitative estimate of drug-likeness (QED) is 0.772. The smallest absolute Gasteiger partial charge is 0.306 e. The second kappa shape index (κ2) is 5.84. The van der Waals surface area contributed by atoms with Crippen LogP contribution in [0.3, 0.4) is 0 Å². The first-order valence-electron chi connectivity index (χ1n) is 5.66. The standard InChI is InChI=1S/C11H19NO4/c1-3-16-7-10(13)12-5-4-9(11(14)15)6-8(12)2/h8-9H,3-7H2,1-2H3,(H,14,15). The molecular formula is C11H19NO4. The van der Waals surface area contributed by atoms with Crippen molar-refractivity contribution >= 4 is 11.9 Å². The molecule has 1 amide bonds. The number of carbonyl (C=O) groups excluding carboxylic acids is 1. The zero-order valence-electron chi connectivity index (χ0n) is 9.81. The van der Waals surface area contributed by atoms with Crippen molar-refractivity contribution in [2.75, 3.05) is 19.8 Å². The molecule has 1 N–H and O–H groups in total. The number of ether oxygens (including phenoxy) is 1. The minimum absolute atomic E-state index is 0.0113. The lowest BCUT2D eigenvalue weighted by Gasteiger charge is -2.36. The number of rotatable bonds is 4. The van der Waals surface area contributed by atoms with E-state index in [2.05, 4.69) is 0 Å². The molecule has 5 heteroatoms. The SMILES string of the molecule is CCOCC(=O)N1CCC(C(=O)O)CC1C. The van der Waals surface area contributed by atoms with Gasteiger partial charge in [-0.15, -0.1) is 0 Å². The average Bonchev–Trinajstić information content (AvgIpc) is 2.25. The summed E-state index contributed by atoms with van der Waals surface area (Å²) in [6.45, 7) is 4.86. The number of likely N-dealkylation sites (tertiary alicyclic amines) is 1. The lowest BCUT2D eigenvalue weighted by Crippen LogP contribution is -2.47. The topological polar surface area (TPSA) is 66.8 Å². The molecule has 1 rings (SSSR count). The van der Waals surface area contributed by atoms with E-state index in [-0.39, 0.29) is 24.5 Å². The third kappa shape index (κ3) is 3.20. The Morgan fingerprint density at radius 1 is 1.50 bits per heavy atom. The van der Waals surface area contributed by atoms with Crippen LogP contribution >= 0.6 is 0 Å². The summed E-state index contributed by atoms with van der Waals surface area (Å²) in [5.74, 6) is -1.12. The van der Waals surface area contributed by atoms with E-state index < -0.39 is 5.97 Å². The van der Waals surface area contributed by atoms with Gasteiger partial charge in [0, 0.05) is 19.2 Å². The molecular weight excluding hydrogens is 210 g/mol. The molecule has 0 aliphatic carbocycles. The van der Waals surface area contributed by atoms with Gasteiger partial charge in [-0.2, -0.15) is 0 Å². The van der Waals surface area contributed by atoms with Crippen LogP contribution in [0.5, 0.6) is 0 Å². The van der Waals surface area contributed by atoms with Gasteiger partial charge in [-0.1, -0.05) is 0 Å². The number of hydrogen-bond acceptors (Lipinski definition) is 3. The lowest BCUT2D eigenvalue weighted by atomic mass is 9.92. The van der Waals surface area contributed by atoms with Gasteiger partial charge in [-0.3, -0.25) is 9.59 Å². The summed E-state index contributed by atoms with van der Waals surface area (Å²) >= 11 is 0. The minimum Gasteiger partial charge on any atom is -0.481 e. The van der Waals surface area contributed by atoms with Gasteiger partial charge in [0.15, 0.2) is 0 Å². The third-order valence-electron chi connectivity index (χ3n) is 2.98. The Kier molecular flexibility index (Phi) is 4.73. The zero-order valence-corrected chi connectivity index (χ0v) is 9.81. The Morgan fingerprint density at radius 3 is 2.69 bits per heavy atom. The molecule has 2 atom stereocenters. The van der Waals surface area contributed by atoms with E-state index in [1.807, 2.05) is 13.8 Å². The molecule has 0 aromatic heterocycles. The number of piperidine rings is 1. The summed E-state index contributed by atoms with van der Waals surface area (Å²) in [4.78, 5) is 24.2. The monoisotopic (exact) mass is 229 g/mol. The molecule has 16 heavy (non-hydrogen) atoms. The molecule has 1 aliphatic rings. The fourth-order valence-corrected chi connectivity index (χ4v) is 2.04. The molecule has 2 unspecified atom stereocenters. The maximum absolute atomic E-state index is 11.7. The summed E-state index contributed by atoms with van der Waals surface area (Å²) in [7, 11) is 0. The van der Waals surface area contributed by atoms with Crippen LogP contribution in [0.4, 0.5) is 0 Å². The van der Waals surface area contributed by atoms with Crippen molar-refractivity contribution < 1.29 is 19.4 Å². The first-order valence-corrected chi connectivity index (χ1v) is 5.66. The van der Waals surface area contributed by atoms with Gasteiger partial charge >= 0.3 is 5.97 Å². The molecule has 1 fully saturated rings. The number of carboxylic acids is 1. The van der Waals surface area contributed by atoms with Crippen molar-refractivity contribution in [1.29, 1.82) is 0 Å². The Labute approximate surface area is 95.4 Å². The van der Waals surface area contributed by atoms with E-state index in [0.29, 0.717) is 26.0 Å². The van der Waals surface area contributed by atoms with Crippen LogP contribution < -0.4 is 0 Å². The van der Waals surface area contributed by atoms with Crippen LogP contribution in [0.2, 0.25) is 0 Å². The fraction of sp³-hybridized carbons (Fsp3) is 0.818. The molecule has 0 bridgehead atoms. The third-order valence-corrected chi connectivity index (χ3v) is 2.98. The van der Waals surface area contributed by atoms with E-state index in [9.17, 15) is 9.59 Å². The molecule has 1 aliphatic heterocycles. The average molecular weight is 229 g/mol. The Bertz CT molecular complexity index is 267. The van der Waals surface area contributed by atoms with Crippen LogP contribution in [0.1, 0.15) is 26.7 Å². The predicted octanol–water partition coefficient (Wildman–Crippen LogP) is 0.735. The first kappa shape index (κ1) is 13.0. The van der Waals surface area contributed by atoms with Crippen molar-refractivity contribution in [2.24, 2.45) is 5.92 Å². The molecule has 0 radical (unpaired) electrons. The number of aliphatic carboxylic acids is 1. The van der Waals surface area contributed by atoms with Crippen LogP contribution in [-0.2, 0) is 14.3 Å². The minimum atomic E-state index is -0.760. The molecule has 92 valence electrons. The van der Waals surface area contributed by atoms with Gasteiger partial charge in [-0.25, -0.2) is 0 Å². The van der Waals surface area contributed by atoms with E-state index in [0.717, 1.165) is 0 Å². The van der Waals surface area contributed by atoms with Gasteiger partial charge < -0.3 is 14.7 Å². The molecule has 1 heterocycles. The molecule has 0 spiro atoms. The van der Waals surface area contributed by atoms with Crippen LogP contribution in [0, 0.1) is 5.92 Å². The Hall–Kier alpha value is -1.10. The summed E-state index contributed by atoms with van der Waals surface area (Å²) in [6, 6.07) is -0.0113. The van der Waals surface area contributed by atoms with Gasteiger partial charge in [0.25, 0.3) is 0 Å². The van der Waals surface area contributed by atoms with E-state index >= 15 is 0 Å². The highest BCUT2D eigenvalue weighted by Gasteiger charge is 2.31. The van der Waals surface area contributed by atoms with Crippen molar-refractivity contribution in [3.05, 3.63) is 0 Å². The number of nitrogens with zero attached hydrogens (tertiary/aromatic N) is 1.